The number of aromatic carboxylic acids is 1. The number of rotatable bonds is 2. The molecule has 0 saturated heterocycles. The molecule has 94 valence electrons. The summed E-state index contributed by atoms with van der Waals surface area (Å²) >= 11 is 3.38. The van der Waals surface area contributed by atoms with E-state index in [0.717, 1.165) is 21.4 Å². The van der Waals surface area contributed by atoms with Crippen molar-refractivity contribution < 1.29 is 9.90 Å². The van der Waals surface area contributed by atoms with Crippen LogP contribution in [0.15, 0.2) is 53.3 Å². The summed E-state index contributed by atoms with van der Waals surface area (Å²) < 4.78 is 2.77. The Balaban J connectivity index is 2.21. The molecule has 3 aromatic rings. The molecule has 0 aliphatic heterocycles. The van der Waals surface area contributed by atoms with Gasteiger partial charge in [0.2, 0.25) is 0 Å². The smallest absolute Gasteiger partial charge is 0.337 e. The molecule has 0 amide bonds. The first-order valence-electron chi connectivity index (χ1n) is 5.61. The fraction of sp³-hybridized carbons (Fsp3) is 0. The topological polar surface area (TPSA) is 54.6 Å². The molecule has 1 N–H and O–H groups in total. The second-order valence-corrected chi connectivity index (χ2v) is 5.02. The highest BCUT2D eigenvalue weighted by Gasteiger charge is 2.09. The van der Waals surface area contributed by atoms with Gasteiger partial charge in [-0.3, -0.25) is 4.40 Å². The van der Waals surface area contributed by atoms with Crippen molar-refractivity contribution in [1.29, 1.82) is 0 Å². The minimum atomic E-state index is -0.947. The van der Waals surface area contributed by atoms with Crippen molar-refractivity contribution in [1.82, 2.24) is 9.38 Å². The van der Waals surface area contributed by atoms with E-state index in [2.05, 4.69) is 20.9 Å². The molecule has 0 fully saturated rings. The number of imidazole rings is 1. The van der Waals surface area contributed by atoms with Gasteiger partial charge in [-0.25, -0.2) is 9.78 Å². The van der Waals surface area contributed by atoms with Crippen LogP contribution in [0.5, 0.6) is 0 Å². The number of hydrogen-bond acceptors (Lipinski definition) is 2. The van der Waals surface area contributed by atoms with Gasteiger partial charge in [0.05, 0.1) is 17.3 Å². The van der Waals surface area contributed by atoms with Crippen molar-refractivity contribution in [2.24, 2.45) is 0 Å². The molecule has 5 heteroatoms. The Kier molecular flexibility index (Phi) is 2.83. The maximum Gasteiger partial charge on any atom is 0.337 e. The Hall–Kier alpha value is -2.14. The third-order valence-electron chi connectivity index (χ3n) is 2.88. The van der Waals surface area contributed by atoms with Crippen LogP contribution in [0.4, 0.5) is 0 Å². The van der Waals surface area contributed by atoms with Crippen molar-refractivity contribution in [3.8, 4) is 11.4 Å². The molecule has 3 rings (SSSR count). The molecule has 0 radical (unpaired) electrons. The minimum absolute atomic E-state index is 0.240. The first kappa shape index (κ1) is 11.9. The highest BCUT2D eigenvalue weighted by atomic mass is 79.9. The Bertz CT molecular complexity index is 763. The molecule has 19 heavy (non-hydrogen) atoms. The molecule has 0 aliphatic rings. The van der Waals surface area contributed by atoms with Gasteiger partial charge in [-0.1, -0.05) is 28.1 Å². The van der Waals surface area contributed by atoms with Gasteiger partial charge in [0, 0.05) is 16.2 Å². The average Bonchev–Trinajstić information content (AvgIpc) is 2.82. The number of carbonyl (C=O) groups is 1. The lowest BCUT2D eigenvalue weighted by Gasteiger charge is -2.03. The van der Waals surface area contributed by atoms with E-state index in [1.54, 1.807) is 28.9 Å². The molecule has 0 aliphatic carbocycles. The number of aromatic nitrogens is 2. The first-order chi connectivity index (χ1) is 9.15. The van der Waals surface area contributed by atoms with Crippen LogP contribution in [0, 0.1) is 0 Å². The number of halogens is 1. The Morgan fingerprint density at radius 1 is 1.16 bits per heavy atom. The van der Waals surface area contributed by atoms with E-state index in [-0.39, 0.29) is 5.56 Å². The van der Waals surface area contributed by atoms with E-state index in [1.807, 2.05) is 24.3 Å². The number of hydrogen-bond donors (Lipinski definition) is 1. The lowest BCUT2D eigenvalue weighted by molar-refractivity contribution is 0.0696. The van der Waals surface area contributed by atoms with Crippen LogP contribution in [0.1, 0.15) is 10.4 Å². The molecule has 1 aromatic carbocycles. The number of nitrogens with zero attached hydrogens (tertiary/aromatic N) is 2. The fourth-order valence-corrected chi connectivity index (χ4v) is 2.19. The lowest BCUT2D eigenvalue weighted by Crippen LogP contribution is -1.99. The third-order valence-corrected chi connectivity index (χ3v) is 3.41. The van der Waals surface area contributed by atoms with Gasteiger partial charge in [-0.15, -0.1) is 0 Å². The fourth-order valence-electron chi connectivity index (χ4n) is 1.93. The van der Waals surface area contributed by atoms with E-state index in [1.165, 1.54) is 0 Å². The Labute approximate surface area is 117 Å². The molecule has 0 saturated carbocycles. The Morgan fingerprint density at radius 2 is 1.89 bits per heavy atom. The van der Waals surface area contributed by atoms with Crippen molar-refractivity contribution in [2.75, 3.05) is 0 Å². The van der Waals surface area contributed by atoms with E-state index in [0.29, 0.717) is 0 Å². The zero-order valence-electron chi connectivity index (χ0n) is 9.75. The number of carboxylic acid groups (broad SMARTS) is 1. The van der Waals surface area contributed by atoms with E-state index >= 15 is 0 Å². The highest BCUT2D eigenvalue weighted by Crippen LogP contribution is 2.22. The van der Waals surface area contributed by atoms with Crippen molar-refractivity contribution in [2.45, 2.75) is 0 Å². The number of benzene rings is 1. The highest BCUT2D eigenvalue weighted by molar-refractivity contribution is 9.10. The van der Waals surface area contributed by atoms with Crippen LogP contribution in [0.2, 0.25) is 0 Å². The van der Waals surface area contributed by atoms with Gasteiger partial charge >= 0.3 is 5.97 Å². The molecule has 0 atom stereocenters. The summed E-state index contributed by atoms with van der Waals surface area (Å²) in [4.78, 5) is 15.4. The van der Waals surface area contributed by atoms with Crippen LogP contribution < -0.4 is 0 Å². The summed E-state index contributed by atoms with van der Waals surface area (Å²) in [6, 6.07) is 11.1. The normalized spacial score (nSPS) is 10.8. The van der Waals surface area contributed by atoms with Crippen molar-refractivity contribution >= 4 is 27.4 Å². The van der Waals surface area contributed by atoms with E-state index in [9.17, 15) is 4.79 Å². The second-order valence-electron chi connectivity index (χ2n) is 4.11. The zero-order chi connectivity index (χ0) is 13.4. The second kappa shape index (κ2) is 4.51. The van der Waals surface area contributed by atoms with Crippen LogP contribution in [-0.4, -0.2) is 20.5 Å². The quantitative estimate of drug-likeness (QED) is 0.787. The predicted octanol–water partition coefficient (Wildman–Crippen LogP) is 3.46. The third kappa shape index (κ3) is 2.13. The van der Waals surface area contributed by atoms with Crippen LogP contribution in [0.25, 0.3) is 16.9 Å². The van der Waals surface area contributed by atoms with Crippen molar-refractivity contribution in [3.05, 3.63) is 58.8 Å². The molecule has 2 heterocycles. The van der Waals surface area contributed by atoms with Gasteiger partial charge in [0.1, 0.15) is 5.82 Å². The lowest BCUT2D eigenvalue weighted by atomic mass is 10.2. The summed E-state index contributed by atoms with van der Waals surface area (Å²) in [6.07, 6.45) is 3.31. The maximum atomic E-state index is 11.0. The van der Waals surface area contributed by atoms with E-state index < -0.39 is 5.97 Å². The zero-order valence-corrected chi connectivity index (χ0v) is 11.3. The van der Waals surface area contributed by atoms with Gasteiger partial charge in [0.15, 0.2) is 0 Å². The summed E-state index contributed by atoms with van der Waals surface area (Å²) in [6.45, 7) is 0. The SMILES string of the molecule is O=C(O)c1ccc2cnc(-c3ccc(Br)cc3)n2c1. The first-order valence-corrected chi connectivity index (χ1v) is 6.41. The van der Waals surface area contributed by atoms with Crippen LogP contribution in [0.3, 0.4) is 0 Å². The van der Waals surface area contributed by atoms with Crippen molar-refractivity contribution in [3.63, 3.8) is 0 Å². The molecule has 0 unspecified atom stereocenters. The minimum Gasteiger partial charge on any atom is -0.478 e. The van der Waals surface area contributed by atoms with Gasteiger partial charge in [-0.2, -0.15) is 0 Å². The standard InChI is InChI=1S/C14H9BrN2O2/c15-11-4-1-9(2-5-11)13-16-7-12-6-3-10(14(18)19)8-17(12)13/h1-8H,(H,18,19). The molecular weight excluding hydrogens is 308 g/mol. The number of fused-ring (bicyclic) bond motifs is 1. The molecule has 0 spiro atoms. The Morgan fingerprint density at radius 3 is 2.58 bits per heavy atom. The van der Waals surface area contributed by atoms with Gasteiger partial charge in [0.25, 0.3) is 0 Å². The predicted molar refractivity (Wildman–Crippen MR) is 75.3 cm³/mol. The van der Waals surface area contributed by atoms with Crippen LogP contribution in [-0.2, 0) is 0 Å². The average molecular weight is 317 g/mol. The molecule has 4 nitrogen and oxygen atoms in total. The molecule has 0 bridgehead atoms. The summed E-state index contributed by atoms with van der Waals surface area (Å²) in [5, 5.41) is 9.04. The summed E-state index contributed by atoms with van der Waals surface area (Å²) in [5.41, 5.74) is 2.04. The number of carboxylic acids is 1. The summed E-state index contributed by atoms with van der Waals surface area (Å²) in [5.74, 6) is -0.219. The molecular formula is C14H9BrN2O2. The van der Waals surface area contributed by atoms with Gasteiger partial charge in [-0.05, 0) is 24.3 Å². The van der Waals surface area contributed by atoms with E-state index in [4.69, 9.17) is 5.11 Å². The monoisotopic (exact) mass is 316 g/mol. The maximum absolute atomic E-state index is 11.0. The van der Waals surface area contributed by atoms with Gasteiger partial charge < -0.3 is 5.11 Å². The largest absolute Gasteiger partial charge is 0.478 e. The van der Waals surface area contributed by atoms with Crippen LogP contribution >= 0.6 is 15.9 Å². The molecule has 2 aromatic heterocycles. The summed E-state index contributed by atoms with van der Waals surface area (Å²) in [7, 11) is 0. The number of pyridine rings is 1.